The fourth-order valence-corrected chi connectivity index (χ4v) is 2.02. The van der Waals surface area contributed by atoms with E-state index in [1.165, 1.54) is 0 Å². The first-order chi connectivity index (χ1) is 4.08. The molecule has 2 unspecified atom stereocenters. The van der Waals surface area contributed by atoms with E-state index in [9.17, 15) is 5.11 Å². The van der Waals surface area contributed by atoms with Crippen LogP contribution in [0, 0.1) is 11.3 Å². The van der Waals surface area contributed by atoms with Crippen molar-refractivity contribution in [2.24, 2.45) is 11.3 Å². The molecule has 1 heteroatoms. The van der Waals surface area contributed by atoms with Crippen LogP contribution < -0.4 is 0 Å². The highest BCUT2D eigenvalue weighted by Crippen LogP contribution is 2.47. The first-order valence-corrected chi connectivity index (χ1v) is 3.76. The molecule has 0 amide bonds. The van der Waals surface area contributed by atoms with E-state index < -0.39 is 0 Å². The van der Waals surface area contributed by atoms with E-state index in [-0.39, 0.29) is 6.10 Å². The predicted octanol–water partition coefficient (Wildman–Crippen LogP) is 1.80. The molecular formula is C8H16O. The third-order valence-corrected chi connectivity index (χ3v) is 2.64. The first kappa shape index (κ1) is 7.07. The average Bonchev–Trinajstić information content (AvgIpc) is 1.63. The molecule has 2 atom stereocenters. The summed E-state index contributed by atoms with van der Waals surface area (Å²) in [5.74, 6) is 0.553. The molecule has 0 radical (unpaired) electrons. The van der Waals surface area contributed by atoms with Gasteiger partial charge in [-0.25, -0.2) is 0 Å². The first-order valence-electron chi connectivity index (χ1n) is 3.76. The van der Waals surface area contributed by atoms with Gasteiger partial charge in [-0.1, -0.05) is 27.2 Å². The van der Waals surface area contributed by atoms with E-state index in [4.69, 9.17) is 0 Å². The standard InChI is InChI=1S/C8H16O/c1-4-6-7(9)5-8(6,2)3/h6-7,9H,4-5H2,1-3H3. The second-order valence-corrected chi connectivity index (χ2v) is 3.77. The summed E-state index contributed by atoms with van der Waals surface area (Å²) in [5, 5.41) is 9.24. The number of aliphatic hydroxyl groups is 1. The quantitative estimate of drug-likeness (QED) is 0.571. The van der Waals surface area contributed by atoms with Gasteiger partial charge in [0.05, 0.1) is 6.10 Å². The molecule has 1 aliphatic carbocycles. The Kier molecular flexibility index (Phi) is 1.55. The maximum Gasteiger partial charge on any atom is 0.0578 e. The molecule has 1 fully saturated rings. The molecule has 0 bridgehead atoms. The summed E-state index contributed by atoms with van der Waals surface area (Å²) in [7, 11) is 0. The van der Waals surface area contributed by atoms with Crippen LogP contribution in [0.15, 0.2) is 0 Å². The van der Waals surface area contributed by atoms with Crippen molar-refractivity contribution in [3.05, 3.63) is 0 Å². The lowest BCUT2D eigenvalue weighted by atomic mass is 9.59. The average molecular weight is 128 g/mol. The third kappa shape index (κ3) is 0.983. The van der Waals surface area contributed by atoms with Gasteiger partial charge in [-0.2, -0.15) is 0 Å². The minimum Gasteiger partial charge on any atom is -0.393 e. The number of aliphatic hydroxyl groups excluding tert-OH is 1. The predicted molar refractivity (Wildman–Crippen MR) is 38.2 cm³/mol. The van der Waals surface area contributed by atoms with Crippen molar-refractivity contribution in [2.75, 3.05) is 0 Å². The van der Waals surface area contributed by atoms with Gasteiger partial charge in [-0.15, -0.1) is 0 Å². The monoisotopic (exact) mass is 128 g/mol. The molecular weight excluding hydrogens is 112 g/mol. The summed E-state index contributed by atoms with van der Waals surface area (Å²) < 4.78 is 0. The highest BCUT2D eigenvalue weighted by atomic mass is 16.3. The lowest BCUT2D eigenvalue weighted by Crippen LogP contribution is -2.47. The van der Waals surface area contributed by atoms with Gasteiger partial charge in [0, 0.05) is 0 Å². The van der Waals surface area contributed by atoms with E-state index >= 15 is 0 Å². The Balaban J connectivity index is 2.48. The summed E-state index contributed by atoms with van der Waals surface area (Å²) >= 11 is 0. The highest BCUT2D eigenvalue weighted by Gasteiger charge is 2.44. The van der Waals surface area contributed by atoms with Crippen LogP contribution in [-0.4, -0.2) is 11.2 Å². The molecule has 1 rings (SSSR count). The SMILES string of the molecule is CCC1C(O)CC1(C)C. The van der Waals surface area contributed by atoms with Gasteiger partial charge in [0.2, 0.25) is 0 Å². The number of hydrogen-bond donors (Lipinski definition) is 1. The summed E-state index contributed by atoms with van der Waals surface area (Å²) in [6, 6.07) is 0. The molecule has 1 N–H and O–H groups in total. The Labute approximate surface area is 57.1 Å². The maximum absolute atomic E-state index is 9.24. The Bertz CT molecular complexity index is 107. The minimum absolute atomic E-state index is 0.00926. The van der Waals surface area contributed by atoms with Crippen molar-refractivity contribution in [3.63, 3.8) is 0 Å². The van der Waals surface area contributed by atoms with Gasteiger partial charge in [0.1, 0.15) is 0 Å². The molecule has 1 nitrogen and oxygen atoms in total. The molecule has 0 aromatic rings. The van der Waals surface area contributed by atoms with Crippen LogP contribution in [0.3, 0.4) is 0 Å². The van der Waals surface area contributed by atoms with Gasteiger partial charge in [0.25, 0.3) is 0 Å². The Hall–Kier alpha value is -0.0400. The van der Waals surface area contributed by atoms with Crippen LogP contribution in [-0.2, 0) is 0 Å². The van der Waals surface area contributed by atoms with Crippen LogP contribution in [0.1, 0.15) is 33.6 Å². The van der Waals surface area contributed by atoms with E-state index in [0.29, 0.717) is 11.3 Å². The van der Waals surface area contributed by atoms with Crippen molar-refractivity contribution in [2.45, 2.75) is 39.7 Å². The van der Waals surface area contributed by atoms with Crippen LogP contribution in [0.25, 0.3) is 0 Å². The van der Waals surface area contributed by atoms with Gasteiger partial charge in [-0.3, -0.25) is 0 Å². The summed E-state index contributed by atoms with van der Waals surface area (Å²) in [6.07, 6.45) is 2.10. The van der Waals surface area contributed by atoms with Crippen molar-refractivity contribution >= 4 is 0 Å². The second kappa shape index (κ2) is 1.98. The zero-order valence-electron chi connectivity index (χ0n) is 6.52. The third-order valence-electron chi connectivity index (χ3n) is 2.64. The number of rotatable bonds is 1. The molecule has 0 heterocycles. The van der Waals surface area contributed by atoms with Crippen LogP contribution in [0.4, 0.5) is 0 Å². The van der Waals surface area contributed by atoms with Gasteiger partial charge < -0.3 is 5.11 Å². The summed E-state index contributed by atoms with van der Waals surface area (Å²) in [5.41, 5.74) is 0.411. The number of hydrogen-bond acceptors (Lipinski definition) is 1. The van der Waals surface area contributed by atoms with Gasteiger partial charge >= 0.3 is 0 Å². The maximum atomic E-state index is 9.24. The second-order valence-electron chi connectivity index (χ2n) is 3.77. The molecule has 0 saturated heterocycles. The Morgan fingerprint density at radius 2 is 2.11 bits per heavy atom. The topological polar surface area (TPSA) is 20.2 Å². The molecule has 0 aromatic heterocycles. The molecule has 54 valence electrons. The summed E-state index contributed by atoms with van der Waals surface area (Å²) in [6.45, 7) is 6.61. The highest BCUT2D eigenvalue weighted by molar-refractivity contribution is 4.94. The van der Waals surface area contributed by atoms with Crippen molar-refractivity contribution in [3.8, 4) is 0 Å². The molecule has 0 aromatic carbocycles. The normalized spacial score (nSPS) is 40.0. The zero-order chi connectivity index (χ0) is 7.07. The summed E-state index contributed by atoms with van der Waals surface area (Å²) in [4.78, 5) is 0. The molecule has 0 spiro atoms. The van der Waals surface area contributed by atoms with Gasteiger partial charge in [0.15, 0.2) is 0 Å². The van der Waals surface area contributed by atoms with E-state index in [1.54, 1.807) is 0 Å². The fourth-order valence-electron chi connectivity index (χ4n) is 2.02. The van der Waals surface area contributed by atoms with E-state index in [0.717, 1.165) is 12.8 Å². The smallest absolute Gasteiger partial charge is 0.0578 e. The molecule has 0 aliphatic heterocycles. The van der Waals surface area contributed by atoms with Crippen molar-refractivity contribution < 1.29 is 5.11 Å². The fraction of sp³-hybridized carbons (Fsp3) is 1.00. The molecule has 1 aliphatic rings. The van der Waals surface area contributed by atoms with E-state index in [2.05, 4.69) is 20.8 Å². The Morgan fingerprint density at radius 1 is 1.56 bits per heavy atom. The largest absolute Gasteiger partial charge is 0.393 e. The van der Waals surface area contributed by atoms with Gasteiger partial charge in [-0.05, 0) is 17.8 Å². The van der Waals surface area contributed by atoms with Crippen LogP contribution >= 0.6 is 0 Å². The molecule has 9 heavy (non-hydrogen) atoms. The van der Waals surface area contributed by atoms with Crippen LogP contribution in [0.2, 0.25) is 0 Å². The van der Waals surface area contributed by atoms with Crippen molar-refractivity contribution in [1.29, 1.82) is 0 Å². The van der Waals surface area contributed by atoms with Crippen molar-refractivity contribution in [1.82, 2.24) is 0 Å². The Morgan fingerprint density at radius 3 is 2.22 bits per heavy atom. The minimum atomic E-state index is -0.00926. The lowest BCUT2D eigenvalue weighted by molar-refractivity contribution is -0.0878. The van der Waals surface area contributed by atoms with E-state index in [1.807, 2.05) is 0 Å². The molecule has 1 saturated carbocycles. The zero-order valence-corrected chi connectivity index (χ0v) is 6.52. The van der Waals surface area contributed by atoms with Crippen LogP contribution in [0.5, 0.6) is 0 Å². The lowest BCUT2D eigenvalue weighted by Gasteiger charge is -2.48.